The van der Waals surface area contributed by atoms with Crippen molar-refractivity contribution in [1.29, 1.82) is 0 Å². The Hall–Kier alpha value is -3.01. The lowest BCUT2D eigenvalue weighted by Crippen LogP contribution is -2.27. The molecule has 2 heterocycles. The normalized spacial score (nSPS) is 11.0. The van der Waals surface area contributed by atoms with Crippen LogP contribution in [0.4, 0.5) is 5.82 Å². The topological polar surface area (TPSA) is 103 Å². The number of aromatic nitrogens is 4. The number of fused-ring (bicyclic) bond motifs is 1. The van der Waals surface area contributed by atoms with E-state index in [0.29, 0.717) is 41.2 Å². The largest absolute Gasteiger partial charge is 0.497 e. The number of ether oxygens (including phenoxy) is 2. The van der Waals surface area contributed by atoms with Gasteiger partial charge in [0.25, 0.3) is 5.91 Å². The molecular weight excluding hydrogens is 416 g/mol. The molecule has 0 saturated heterocycles. The first-order valence-corrected chi connectivity index (χ1v) is 11.2. The second kappa shape index (κ2) is 10.3. The van der Waals surface area contributed by atoms with Crippen LogP contribution in [0.15, 0.2) is 29.6 Å². The van der Waals surface area contributed by atoms with Crippen LogP contribution in [-0.4, -0.2) is 59.2 Å². The first kappa shape index (κ1) is 22.7. The Balaban J connectivity index is 1.72. The molecule has 166 valence electrons. The van der Waals surface area contributed by atoms with E-state index >= 15 is 0 Å². The Morgan fingerprint density at radius 1 is 1.16 bits per heavy atom. The summed E-state index contributed by atoms with van der Waals surface area (Å²) in [7, 11) is 3.10. The number of thioether (sulfide) groups is 1. The summed E-state index contributed by atoms with van der Waals surface area (Å²) in [6.07, 6.45) is 3.70. The van der Waals surface area contributed by atoms with E-state index in [4.69, 9.17) is 9.47 Å². The van der Waals surface area contributed by atoms with Crippen LogP contribution in [0.25, 0.3) is 11.0 Å². The number of amides is 1. The molecule has 0 atom stereocenters. The fraction of sp³-hybridized carbons (Fsp3) is 0.429. The summed E-state index contributed by atoms with van der Waals surface area (Å²) in [4.78, 5) is 21.8. The first-order valence-electron chi connectivity index (χ1n) is 9.97. The van der Waals surface area contributed by atoms with Crippen LogP contribution in [-0.2, 0) is 6.54 Å². The maximum absolute atomic E-state index is 12.6. The third kappa shape index (κ3) is 5.57. The number of carbonyl (C=O) groups is 1. The van der Waals surface area contributed by atoms with Gasteiger partial charge in [0.2, 0.25) is 0 Å². The van der Waals surface area contributed by atoms with Crippen LogP contribution in [0, 0.1) is 5.92 Å². The highest BCUT2D eigenvalue weighted by Crippen LogP contribution is 2.24. The van der Waals surface area contributed by atoms with Gasteiger partial charge in [0.1, 0.15) is 17.3 Å². The molecule has 0 spiro atoms. The highest BCUT2D eigenvalue weighted by Gasteiger charge is 2.14. The van der Waals surface area contributed by atoms with Crippen LogP contribution in [0.5, 0.6) is 11.5 Å². The van der Waals surface area contributed by atoms with Crippen molar-refractivity contribution in [3.63, 3.8) is 0 Å². The molecule has 0 saturated carbocycles. The van der Waals surface area contributed by atoms with Gasteiger partial charge >= 0.3 is 0 Å². The number of hydrogen-bond acceptors (Lipinski definition) is 8. The fourth-order valence-electron chi connectivity index (χ4n) is 2.94. The van der Waals surface area contributed by atoms with Crippen molar-refractivity contribution in [3.05, 3.63) is 30.0 Å². The maximum Gasteiger partial charge on any atom is 0.251 e. The van der Waals surface area contributed by atoms with Crippen molar-refractivity contribution >= 4 is 34.5 Å². The van der Waals surface area contributed by atoms with E-state index in [1.54, 1.807) is 43.3 Å². The molecule has 0 aliphatic heterocycles. The lowest BCUT2D eigenvalue weighted by Gasteiger charge is -2.11. The number of rotatable bonds is 10. The number of benzene rings is 1. The zero-order chi connectivity index (χ0) is 22.4. The highest BCUT2D eigenvalue weighted by molar-refractivity contribution is 7.98. The van der Waals surface area contributed by atoms with E-state index in [1.165, 1.54) is 11.8 Å². The zero-order valence-corrected chi connectivity index (χ0v) is 19.2. The molecule has 0 fully saturated rings. The molecule has 9 nitrogen and oxygen atoms in total. The molecule has 1 amide bonds. The summed E-state index contributed by atoms with van der Waals surface area (Å²) in [6, 6.07) is 5.07. The number of anilines is 1. The van der Waals surface area contributed by atoms with Gasteiger partial charge in [-0.3, -0.25) is 4.79 Å². The van der Waals surface area contributed by atoms with Gasteiger partial charge in [0.05, 0.1) is 32.3 Å². The Bertz CT molecular complexity index is 1030. The molecule has 0 aliphatic rings. The highest BCUT2D eigenvalue weighted by atomic mass is 32.2. The lowest BCUT2D eigenvalue weighted by atomic mass is 10.2. The number of hydrogen-bond donors (Lipinski definition) is 2. The van der Waals surface area contributed by atoms with Gasteiger partial charge in [0.15, 0.2) is 10.8 Å². The molecule has 1 aromatic carbocycles. The molecule has 0 radical (unpaired) electrons. The lowest BCUT2D eigenvalue weighted by molar-refractivity contribution is 0.0951. The van der Waals surface area contributed by atoms with Gasteiger partial charge in [-0.05, 0) is 24.3 Å². The molecular formula is C21H28N6O3S. The third-order valence-corrected chi connectivity index (χ3v) is 5.11. The van der Waals surface area contributed by atoms with E-state index in [0.717, 1.165) is 23.4 Å². The average Bonchev–Trinajstić information content (AvgIpc) is 3.19. The molecule has 2 aromatic heterocycles. The van der Waals surface area contributed by atoms with Crippen molar-refractivity contribution in [1.82, 2.24) is 25.1 Å². The molecule has 0 aliphatic carbocycles. The summed E-state index contributed by atoms with van der Waals surface area (Å²) in [5.41, 5.74) is 1.21. The van der Waals surface area contributed by atoms with Crippen LogP contribution in [0.3, 0.4) is 0 Å². The molecule has 0 bridgehead atoms. The molecule has 31 heavy (non-hydrogen) atoms. The predicted molar refractivity (Wildman–Crippen MR) is 122 cm³/mol. The molecule has 0 unspecified atom stereocenters. The van der Waals surface area contributed by atoms with Gasteiger partial charge in [-0.15, -0.1) is 0 Å². The van der Waals surface area contributed by atoms with Crippen LogP contribution >= 0.6 is 11.8 Å². The summed E-state index contributed by atoms with van der Waals surface area (Å²) >= 11 is 1.48. The minimum absolute atomic E-state index is 0.215. The van der Waals surface area contributed by atoms with Crippen molar-refractivity contribution in [2.45, 2.75) is 25.5 Å². The summed E-state index contributed by atoms with van der Waals surface area (Å²) in [6.45, 7) is 5.97. The van der Waals surface area contributed by atoms with Gasteiger partial charge in [0, 0.05) is 24.7 Å². The third-order valence-electron chi connectivity index (χ3n) is 4.56. The zero-order valence-electron chi connectivity index (χ0n) is 18.4. The molecule has 10 heteroatoms. The quantitative estimate of drug-likeness (QED) is 0.363. The van der Waals surface area contributed by atoms with E-state index < -0.39 is 0 Å². The van der Waals surface area contributed by atoms with E-state index in [-0.39, 0.29) is 5.91 Å². The van der Waals surface area contributed by atoms with Crippen LogP contribution in [0.2, 0.25) is 0 Å². The number of nitrogens with one attached hydrogen (secondary N) is 2. The SMILES string of the molecule is COc1cc(OC)cc(C(=O)NCCn2ncc3c(NCC(C)C)nc(SC)nc32)c1. The maximum atomic E-state index is 12.6. The van der Waals surface area contributed by atoms with Crippen molar-refractivity contribution in [2.24, 2.45) is 5.92 Å². The second-order valence-corrected chi connectivity index (χ2v) is 8.07. The minimum atomic E-state index is -0.215. The molecule has 3 aromatic rings. The Morgan fingerprint density at radius 3 is 2.48 bits per heavy atom. The van der Waals surface area contributed by atoms with Crippen molar-refractivity contribution in [3.8, 4) is 11.5 Å². The minimum Gasteiger partial charge on any atom is -0.497 e. The molecule has 2 N–H and O–H groups in total. The van der Waals surface area contributed by atoms with Gasteiger partial charge in [-0.25, -0.2) is 14.6 Å². The van der Waals surface area contributed by atoms with Crippen molar-refractivity contribution in [2.75, 3.05) is 38.9 Å². The van der Waals surface area contributed by atoms with E-state index in [9.17, 15) is 4.79 Å². The predicted octanol–water partition coefficient (Wildman–Crippen LogP) is 3.06. The van der Waals surface area contributed by atoms with Crippen molar-refractivity contribution < 1.29 is 14.3 Å². The number of methoxy groups -OCH3 is 2. The van der Waals surface area contributed by atoms with Gasteiger partial charge in [-0.2, -0.15) is 5.10 Å². The number of nitrogens with zero attached hydrogens (tertiary/aromatic N) is 4. The molecule has 3 rings (SSSR count). The van der Waals surface area contributed by atoms with Crippen LogP contribution in [0.1, 0.15) is 24.2 Å². The van der Waals surface area contributed by atoms with Crippen LogP contribution < -0.4 is 20.1 Å². The first-order chi connectivity index (χ1) is 14.9. The standard InChI is InChI=1S/C21H28N6O3S/c1-13(2)11-23-18-17-12-24-27(19(17)26-21(25-18)31-5)7-6-22-20(28)14-8-15(29-3)10-16(9-14)30-4/h8-10,12-13H,6-7,11H2,1-5H3,(H,22,28)(H,23,25,26). The van der Waals surface area contributed by atoms with Gasteiger partial charge < -0.3 is 20.1 Å². The monoisotopic (exact) mass is 444 g/mol. The summed E-state index contributed by atoms with van der Waals surface area (Å²) in [5, 5.41) is 12.3. The van der Waals surface area contributed by atoms with E-state index in [1.807, 2.05) is 6.26 Å². The number of carbonyl (C=O) groups excluding carboxylic acids is 1. The Kier molecular flexibility index (Phi) is 7.56. The Morgan fingerprint density at radius 2 is 1.87 bits per heavy atom. The Labute approximate surface area is 185 Å². The second-order valence-electron chi connectivity index (χ2n) is 7.30. The fourth-order valence-corrected chi connectivity index (χ4v) is 3.30. The smallest absolute Gasteiger partial charge is 0.251 e. The summed E-state index contributed by atoms with van der Waals surface area (Å²) in [5.74, 6) is 2.17. The van der Waals surface area contributed by atoms with E-state index in [2.05, 4.69) is 39.5 Å². The van der Waals surface area contributed by atoms with Gasteiger partial charge in [-0.1, -0.05) is 25.6 Å². The summed E-state index contributed by atoms with van der Waals surface area (Å²) < 4.78 is 12.2. The average molecular weight is 445 g/mol.